The van der Waals surface area contributed by atoms with Crippen molar-refractivity contribution in [1.82, 2.24) is 13.9 Å². The van der Waals surface area contributed by atoms with Gasteiger partial charge < -0.3 is 5.32 Å². The van der Waals surface area contributed by atoms with Gasteiger partial charge in [0.1, 0.15) is 0 Å². The zero-order valence-electron chi connectivity index (χ0n) is 9.36. The molecule has 2 aliphatic heterocycles. The second-order valence-electron chi connectivity index (χ2n) is 4.61. The van der Waals surface area contributed by atoms with E-state index in [9.17, 15) is 8.42 Å². The third kappa shape index (κ3) is 1.80. The van der Waals surface area contributed by atoms with Crippen LogP contribution in [0.1, 0.15) is 13.3 Å². The van der Waals surface area contributed by atoms with Crippen molar-refractivity contribution in [2.24, 2.45) is 5.41 Å². The van der Waals surface area contributed by atoms with Crippen LogP contribution in [-0.4, -0.2) is 56.8 Å². The van der Waals surface area contributed by atoms with Gasteiger partial charge >= 0.3 is 0 Å². The van der Waals surface area contributed by atoms with E-state index in [1.54, 1.807) is 11.4 Å². The van der Waals surface area contributed by atoms with Gasteiger partial charge in [-0.2, -0.15) is 17.0 Å². The Morgan fingerprint density at radius 1 is 1.47 bits per heavy atom. The predicted molar refractivity (Wildman–Crippen MR) is 58.7 cm³/mol. The van der Waals surface area contributed by atoms with E-state index in [1.807, 2.05) is 6.92 Å². The van der Waals surface area contributed by atoms with Crippen LogP contribution < -0.4 is 5.32 Å². The number of rotatable bonds is 3. The Morgan fingerprint density at radius 3 is 2.53 bits per heavy atom. The molecule has 2 heterocycles. The molecule has 88 valence electrons. The van der Waals surface area contributed by atoms with Crippen molar-refractivity contribution in [1.29, 1.82) is 0 Å². The molecule has 2 fully saturated rings. The third-order valence-corrected chi connectivity index (χ3v) is 5.58. The van der Waals surface area contributed by atoms with Gasteiger partial charge in [-0.25, -0.2) is 0 Å². The first-order chi connectivity index (χ1) is 7.00. The lowest BCUT2D eigenvalue weighted by Crippen LogP contribution is -2.55. The highest BCUT2D eigenvalue weighted by Gasteiger charge is 2.46. The average Bonchev–Trinajstić information content (AvgIpc) is 2.61. The van der Waals surface area contributed by atoms with E-state index in [1.165, 1.54) is 4.31 Å². The molecule has 15 heavy (non-hydrogen) atoms. The topological polar surface area (TPSA) is 52.7 Å². The Bertz CT molecular complexity index is 337. The van der Waals surface area contributed by atoms with E-state index in [0.29, 0.717) is 19.6 Å². The molecular formula is C9H19N3O2S. The van der Waals surface area contributed by atoms with Gasteiger partial charge in [0, 0.05) is 45.2 Å². The minimum absolute atomic E-state index is 0.238. The number of hydrogen-bond acceptors (Lipinski definition) is 3. The molecule has 0 radical (unpaired) electrons. The number of nitrogens with one attached hydrogen (secondary N) is 1. The maximum absolute atomic E-state index is 12.0. The van der Waals surface area contributed by atoms with E-state index in [4.69, 9.17) is 0 Å². The smallest absolute Gasteiger partial charge is 0.281 e. The summed E-state index contributed by atoms with van der Waals surface area (Å²) in [5.74, 6) is 0. The lowest BCUT2D eigenvalue weighted by atomic mass is 9.81. The quantitative estimate of drug-likeness (QED) is 0.713. The van der Waals surface area contributed by atoms with Crippen molar-refractivity contribution in [3.8, 4) is 0 Å². The van der Waals surface area contributed by atoms with Crippen molar-refractivity contribution in [3.05, 3.63) is 0 Å². The van der Waals surface area contributed by atoms with Crippen LogP contribution >= 0.6 is 0 Å². The number of nitrogens with zero attached hydrogens (tertiary/aromatic N) is 2. The van der Waals surface area contributed by atoms with Crippen molar-refractivity contribution in [2.75, 3.05) is 39.8 Å². The molecule has 1 N–H and O–H groups in total. The Hall–Kier alpha value is -0.170. The summed E-state index contributed by atoms with van der Waals surface area (Å²) in [6.45, 7) is 5.68. The summed E-state index contributed by atoms with van der Waals surface area (Å²) >= 11 is 0. The van der Waals surface area contributed by atoms with Gasteiger partial charge in [0.15, 0.2) is 0 Å². The van der Waals surface area contributed by atoms with Gasteiger partial charge in [-0.3, -0.25) is 0 Å². The fourth-order valence-electron chi connectivity index (χ4n) is 2.22. The lowest BCUT2D eigenvalue weighted by Gasteiger charge is -2.39. The van der Waals surface area contributed by atoms with E-state index in [0.717, 1.165) is 19.5 Å². The molecule has 0 aromatic heterocycles. The Morgan fingerprint density at radius 2 is 2.13 bits per heavy atom. The van der Waals surface area contributed by atoms with Gasteiger partial charge in [-0.15, -0.1) is 0 Å². The first kappa shape index (κ1) is 11.3. The summed E-state index contributed by atoms with van der Waals surface area (Å²) in [5, 5.41) is 3.22. The molecule has 0 bridgehead atoms. The van der Waals surface area contributed by atoms with Gasteiger partial charge in [-0.05, 0) is 6.42 Å². The minimum Gasteiger partial charge on any atom is -0.315 e. The predicted octanol–water partition coefficient (Wildman–Crippen LogP) is -0.522. The van der Waals surface area contributed by atoms with Gasteiger partial charge in [0.25, 0.3) is 10.2 Å². The monoisotopic (exact) mass is 233 g/mol. The fourth-order valence-corrected chi connectivity index (χ4v) is 3.70. The maximum atomic E-state index is 12.0. The van der Waals surface area contributed by atoms with Gasteiger partial charge in [0.05, 0.1) is 0 Å². The molecule has 0 saturated carbocycles. The summed E-state index contributed by atoms with van der Waals surface area (Å²) in [6.07, 6.45) is 0.997. The Kier molecular flexibility index (Phi) is 2.79. The minimum atomic E-state index is -3.20. The molecule has 6 heteroatoms. The molecule has 0 atom stereocenters. The summed E-state index contributed by atoms with van der Waals surface area (Å²) < 4.78 is 27.1. The second-order valence-corrected chi connectivity index (χ2v) is 6.64. The molecular weight excluding hydrogens is 214 g/mol. The van der Waals surface area contributed by atoms with Crippen LogP contribution in [0.2, 0.25) is 0 Å². The van der Waals surface area contributed by atoms with Crippen LogP contribution in [0.4, 0.5) is 0 Å². The standard InChI is InChI=1S/C9H19N3O2S/c1-3-11(2)15(13,14)12-5-4-9(8-12)6-10-7-9/h10H,3-8H2,1-2H3. The molecule has 0 aliphatic carbocycles. The van der Waals surface area contributed by atoms with Gasteiger partial charge in [-0.1, -0.05) is 6.92 Å². The summed E-state index contributed by atoms with van der Waals surface area (Å²) in [6, 6.07) is 0. The van der Waals surface area contributed by atoms with E-state index in [2.05, 4.69) is 5.32 Å². The van der Waals surface area contributed by atoms with Crippen molar-refractivity contribution >= 4 is 10.2 Å². The van der Waals surface area contributed by atoms with Crippen LogP contribution in [-0.2, 0) is 10.2 Å². The summed E-state index contributed by atoms with van der Waals surface area (Å²) in [4.78, 5) is 0. The van der Waals surface area contributed by atoms with E-state index >= 15 is 0 Å². The van der Waals surface area contributed by atoms with E-state index < -0.39 is 10.2 Å². The molecule has 5 nitrogen and oxygen atoms in total. The Balaban J connectivity index is 2.07. The van der Waals surface area contributed by atoms with Gasteiger partial charge in [0.2, 0.25) is 0 Å². The third-order valence-electron chi connectivity index (χ3n) is 3.57. The normalized spacial score (nSPS) is 26.1. The molecule has 0 amide bonds. The van der Waals surface area contributed by atoms with E-state index in [-0.39, 0.29) is 5.41 Å². The van der Waals surface area contributed by atoms with Crippen LogP contribution in [0.5, 0.6) is 0 Å². The zero-order chi connectivity index (χ0) is 11.1. The molecule has 0 aromatic rings. The zero-order valence-corrected chi connectivity index (χ0v) is 10.2. The average molecular weight is 233 g/mol. The molecule has 2 rings (SSSR count). The lowest BCUT2D eigenvalue weighted by molar-refractivity contribution is 0.185. The van der Waals surface area contributed by atoms with Crippen molar-refractivity contribution in [2.45, 2.75) is 13.3 Å². The molecule has 0 unspecified atom stereocenters. The first-order valence-electron chi connectivity index (χ1n) is 5.42. The van der Waals surface area contributed by atoms with Crippen LogP contribution in [0.15, 0.2) is 0 Å². The first-order valence-corrected chi connectivity index (χ1v) is 6.82. The number of hydrogen-bond donors (Lipinski definition) is 1. The Labute approximate surface area is 91.6 Å². The largest absolute Gasteiger partial charge is 0.315 e. The van der Waals surface area contributed by atoms with Crippen LogP contribution in [0.25, 0.3) is 0 Å². The summed E-state index contributed by atoms with van der Waals surface area (Å²) in [7, 11) is -1.56. The molecule has 2 saturated heterocycles. The molecule has 1 spiro atoms. The highest BCUT2D eigenvalue weighted by Crippen LogP contribution is 2.35. The maximum Gasteiger partial charge on any atom is 0.281 e. The van der Waals surface area contributed by atoms with Crippen LogP contribution in [0.3, 0.4) is 0 Å². The highest BCUT2D eigenvalue weighted by atomic mass is 32.2. The van der Waals surface area contributed by atoms with Crippen molar-refractivity contribution in [3.63, 3.8) is 0 Å². The van der Waals surface area contributed by atoms with Crippen molar-refractivity contribution < 1.29 is 8.42 Å². The fraction of sp³-hybridized carbons (Fsp3) is 1.00. The van der Waals surface area contributed by atoms with Crippen LogP contribution in [0, 0.1) is 5.41 Å². The summed E-state index contributed by atoms with van der Waals surface area (Å²) in [5.41, 5.74) is 0.238. The molecule has 0 aromatic carbocycles. The second kappa shape index (κ2) is 3.69. The highest BCUT2D eigenvalue weighted by molar-refractivity contribution is 7.86. The SMILES string of the molecule is CCN(C)S(=O)(=O)N1CCC2(CNC2)C1. The molecule has 2 aliphatic rings.